The summed E-state index contributed by atoms with van der Waals surface area (Å²) >= 11 is 0. The monoisotopic (exact) mass is 306 g/mol. The van der Waals surface area contributed by atoms with Crippen LogP contribution in [0.2, 0.25) is 0 Å². The van der Waals surface area contributed by atoms with Crippen molar-refractivity contribution < 1.29 is 14.3 Å². The number of ether oxygens (including phenoxy) is 2. The van der Waals surface area contributed by atoms with Crippen LogP contribution in [0.5, 0.6) is 11.5 Å². The average Bonchev–Trinajstić information content (AvgIpc) is 3.02. The van der Waals surface area contributed by atoms with Crippen molar-refractivity contribution in [2.45, 2.75) is 6.92 Å². The zero-order valence-corrected chi connectivity index (χ0v) is 12.5. The number of nitriles is 1. The van der Waals surface area contributed by atoms with Gasteiger partial charge in [-0.2, -0.15) is 5.26 Å². The molecule has 0 unspecified atom stereocenters. The maximum Gasteiger partial charge on any atom is 0.266 e. The number of hydrogen-bond acceptors (Lipinski definition) is 4. The highest BCUT2D eigenvalue weighted by Gasteiger charge is 2.15. The molecule has 3 rings (SSSR count). The Hall–Kier alpha value is -3.26. The fourth-order valence-electron chi connectivity index (χ4n) is 2.15. The van der Waals surface area contributed by atoms with Gasteiger partial charge < -0.3 is 14.8 Å². The smallest absolute Gasteiger partial charge is 0.266 e. The van der Waals surface area contributed by atoms with Crippen LogP contribution in [-0.4, -0.2) is 12.7 Å². The van der Waals surface area contributed by atoms with E-state index in [1.807, 2.05) is 37.3 Å². The SMILES string of the molecule is Cc1ccc(/C=C(\C#N)C(=O)Nc2ccc3c(c2)OCO3)cc1. The van der Waals surface area contributed by atoms with Crippen LogP contribution in [0.4, 0.5) is 5.69 Å². The molecule has 2 aromatic carbocycles. The minimum Gasteiger partial charge on any atom is -0.454 e. The first-order valence-electron chi connectivity index (χ1n) is 7.05. The van der Waals surface area contributed by atoms with E-state index in [1.54, 1.807) is 24.3 Å². The predicted octanol–water partition coefficient (Wildman–Crippen LogP) is 3.27. The normalized spacial score (nSPS) is 12.6. The first-order chi connectivity index (χ1) is 11.2. The van der Waals surface area contributed by atoms with Crippen LogP contribution in [-0.2, 0) is 4.79 Å². The Kier molecular flexibility index (Phi) is 3.98. The van der Waals surface area contributed by atoms with Crippen LogP contribution >= 0.6 is 0 Å². The lowest BCUT2D eigenvalue weighted by Gasteiger charge is -2.05. The van der Waals surface area contributed by atoms with Gasteiger partial charge in [-0.1, -0.05) is 29.8 Å². The Balaban J connectivity index is 1.78. The number of nitrogens with one attached hydrogen (secondary N) is 1. The van der Waals surface area contributed by atoms with Crippen LogP contribution in [0.3, 0.4) is 0 Å². The lowest BCUT2D eigenvalue weighted by Crippen LogP contribution is -2.13. The maximum atomic E-state index is 12.2. The molecule has 1 aliphatic heterocycles. The molecular weight excluding hydrogens is 292 g/mol. The second-order valence-electron chi connectivity index (χ2n) is 5.10. The number of aryl methyl sites for hydroxylation is 1. The number of amides is 1. The molecule has 5 nitrogen and oxygen atoms in total. The van der Waals surface area contributed by atoms with Crippen LogP contribution < -0.4 is 14.8 Å². The van der Waals surface area contributed by atoms with E-state index in [0.29, 0.717) is 17.2 Å². The summed E-state index contributed by atoms with van der Waals surface area (Å²) in [5, 5.41) is 11.9. The van der Waals surface area contributed by atoms with Crippen molar-refractivity contribution in [2.24, 2.45) is 0 Å². The molecule has 0 radical (unpaired) electrons. The lowest BCUT2D eigenvalue weighted by molar-refractivity contribution is -0.112. The number of carbonyl (C=O) groups excluding carboxylic acids is 1. The van der Waals surface area contributed by atoms with Gasteiger partial charge in [-0.25, -0.2) is 0 Å². The quantitative estimate of drug-likeness (QED) is 0.698. The third-order valence-electron chi connectivity index (χ3n) is 3.38. The van der Waals surface area contributed by atoms with E-state index in [-0.39, 0.29) is 12.4 Å². The van der Waals surface area contributed by atoms with Crippen molar-refractivity contribution in [3.05, 3.63) is 59.2 Å². The molecule has 0 aliphatic carbocycles. The highest BCUT2D eigenvalue weighted by Crippen LogP contribution is 2.34. The molecule has 0 spiro atoms. The van der Waals surface area contributed by atoms with Gasteiger partial charge in [0.25, 0.3) is 5.91 Å². The summed E-state index contributed by atoms with van der Waals surface area (Å²) in [5.74, 6) is 0.745. The van der Waals surface area contributed by atoms with Gasteiger partial charge in [0.15, 0.2) is 11.5 Å². The highest BCUT2D eigenvalue weighted by atomic mass is 16.7. The molecule has 1 N–H and O–H groups in total. The molecule has 0 saturated carbocycles. The zero-order valence-electron chi connectivity index (χ0n) is 12.5. The molecule has 0 bridgehead atoms. The van der Waals surface area contributed by atoms with Crippen LogP contribution in [0.25, 0.3) is 6.08 Å². The van der Waals surface area contributed by atoms with Gasteiger partial charge >= 0.3 is 0 Å². The first kappa shape index (κ1) is 14.7. The molecule has 0 aromatic heterocycles. The average molecular weight is 306 g/mol. The predicted molar refractivity (Wildman–Crippen MR) is 86.0 cm³/mol. The molecule has 2 aromatic rings. The van der Waals surface area contributed by atoms with Crippen molar-refractivity contribution in [3.8, 4) is 17.6 Å². The fourth-order valence-corrected chi connectivity index (χ4v) is 2.15. The zero-order chi connectivity index (χ0) is 16.2. The first-order valence-corrected chi connectivity index (χ1v) is 7.05. The molecule has 1 aliphatic rings. The Morgan fingerprint density at radius 3 is 2.65 bits per heavy atom. The Labute approximate surface area is 133 Å². The number of fused-ring (bicyclic) bond motifs is 1. The van der Waals surface area contributed by atoms with E-state index in [1.165, 1.54) is 0 Å². The second-order valence-corrected chi connectivity index (χ2v) is 5.10. The highest BCUT2D eigenvalue weighted by molar-refractivity contribution is 6.09. The van der Waals surface area contributed by atoms with Gasteiger partial charge in [-0.05, 0) is 30.7 Å². The molecular formula is C18H14N2O3. The largest absolute Gasteiger partial charge is 0.454 e. The maximum absolute atomic E-state index is 12.2. The van der Waals surface area contributed by atoms with Crippen LogP contribution in [0.15, 0.2) is 48.0 Å². The van der Waals surface area contributed by atoms with Gasteiger partial charge in [-0.3, -0.25) is 4.79 Å². The number of rotatable bonds is 3. The molecule has 0 fully saturated rings. The van der Waals surface area contributed by atoms with E-state index < -0.39 is 5.91 Å². The van der Waals surface area contributed by atoms with Gasteiger partial charge in [0.05, 0.1) is 0 Å². The van der Waals surface area contributed by atoms with Gasteiger partial charge in [-0.15, -0.1) is 0 Å². The summed E-state index contributed by atoms with van der Waals surface area (Å²) < 4.78 is 10.5. The van der Waals surface area contributed by atoms with Crippen LogP contribution in [0.1, 0.15) is 11.1 Å². The summed E-state index contributed by atoms with van der Waals surface area (Å²) in [6.07, 6.45) is 1.56. The molecule has 1 amide bonds. The summed E-state index contributed by atoms with van der Waals surface area (Å²) in [5.41, 5.74) is 2.49. The van der Waals surface area contributed by atoms with Crippen LogP contribution in [0, 0.1) is 18.3 Å². The van der Waals surface area contributed by atoms with Gasteiger partial charge in [0.2, 0.25) is 6.79 Å². The van der Waals surface area contributed by atoms with E-state index in [0.717, 1.165) is 11.1 Å². The lowest BCUT2D eigenvalue weighted by atomic mass is 10.1. The minimum absolute atomic E-state index is 0.0338. The number of benzene rings is 2. The molecule has 23 heavy (non-hydrogen) atoms. The van der Waals surface area contributed by atoms with Gasteiger partial charge in [0.1, 0.15) is 11.6 Å². The summed E-state index contributed by atoms with van der Waals surface area (Å²) in [6, 6.07) is 14.6. The van der Waals surface area contributed by atoms with E-state index in [9.17, 15) is 10.1 Å². The topological polar surface area (TPSA) is 71.4 Å². The Bertz CT molecular complexity index is 817. The van der Waals surface area contributed by atoms with Crippen molar-refractivity contribution in [3.63, 3.8) is 0 Å². The standard InChI is InChI=1S/C18H14N2O3/c1-12-2-4-13(5-3-12)8-14(10-19)18(21)20-15-6-7-16-17(9-15)23-11-22-16/h2-9H,11H2,1H3,(H,20,21)/b14-8+. The van der Waals surface area contributed by atoms with Crippen molar-refractivity contribution >= 4 is 17.7 Å². The minimum atomic E-state index is -0.466. The molecule has 0 atom stereocenters. The van der Waals surface area contributed by atoms with E-state index in [2.05, 4.69) is 5.32 Å². The van der Waals surface area contributed by atoms with Crippen molar-refractivity contribution in [1.29, 1.82) is 5.26 Å². The van der Waals surface area contributed by atoms with Crippen molar-refractivity contribution in [1.82, 2.24) is 0 Å². The Morgan fingerprint density at radius 1 is 1.17 bits per heavy atom. The van der Waals surface area contributed by atoms with Crippen molar-refractivity contribution in [2.75, 3.05) is 12.1 Å². The van der Waals surface area contributed by atoms with Gasteiger partial charge in [0, 0.05) is 11.8 Å². The number of anilines is 1. The molecule has 0 saturated heterocycles. The van der Waals surface area contributed by atoms with E-state index in [4.69, 9.17) is 9.47 Å². The third-order valence-corrected chi connectivity index (χ3v) is 3.38. The molecule has 5 heteroatoms. The second kappa shape index (κ2) is 6.24. The Morgan fingerprint density at radius 2 is 1.91 bits per heavy atom. The molecule has 1 heterocycles. The fraction of sp³-hybridized carbons (Fsp3) is 0.111. The van der Waals surface area contributed by atoms with E-state index >= 15 is 0 Å². The number of carbonyl (C=O) groups is 1. The summed E-state index contributed by atoms with van der Waals surface area (Å²) in [6.45, 7) is 2.15. The molecule has 114 valence electrons. The summed E-state index contributed by atoms with van der Waals surface area (Å²) in [4.78, 5) is 12.2. The summed E-state index contributed by atoms with van der Waals surface area (Å²) in [7, 11) is 0. The third kappa shape index (κ3) is 3.33. The number of hydrogen-bond donors (Lipinski definition) is 1. The number of nitrogens with zero attached hydrogens (tertiary/aromatic N) is 1.